The van der Waals surface area contributed by atoms with Gasteiger partial charge in [-0.05, 0) is 30.7 Å². The summed E-state index contributed by atoms with van der Waals surface area (Å²) >= 11 is 0. The van der Waals surface area contributed by atoms with E-state index in [4.69, 9.17) is 0 Å². The van der Waals surface area contributed by atoms with Gasteiger partial charge in [0.15, 0.2) is 13.2 Å². The molecular weight excluding hydrogens is 258 g/mol. The number of hydrogen-bond acceptors (Lipinski definition) is 0. The Labute approximate surface area is 123 Å². The molecule has 0 spiro atoms. The van der Waals surface area contributed by atoms with Gasteiger partial charge in [0.05, 0.1) is 11.7 Å². The molecule has 3 nitrogen and oxygen atoms in total. The van der Waals surface area contributed by atoms with Gasteiger partial charge >= 0.3 is 0 Å². The fourth-order valence-corrected chi connectivity index (χ4v) is 3.22. The van der Waals surface area contributed by atoms with Gasteiger partial charge in [-0.1, -0.05) is 18.2 Å². The Bertz CT molecular complexity index is 973. The van der Waals surface area contributed by atoms with Crippen molar-refractivity contribution in [1.82, 2.24) is 9.25 Å². The number of fused-ring (bicyclic) bond motifs is 3. The van der Waals surface area contributed by atoms with Crippen LogP contribution in [-0.4, -0.2) is 9.25 Å². The van der Waals surface area contributed by atoms with Crippen LogP contribution in [0.15, 0.2) is 54.9 Å². The molecule has 0 N–H and O–H groups in total. The Morgan fingerprint density at radius 2 is 1.76 bits per heavy atom. The van der Waals surface area contributed by atoms with Crippen molar-refractivity contribution in [1.29, 1.82) is 0 Å². The summed E-state index contributed by atoms with van der Waals surface area (Å²) in [6, 6.07) is 15.2. The van der Waals surface area contributed by atoms with Crippen LogP contribution in [0.2, 0.25) is 0 Å². The van der Waals surface area contributed by atoms with E-state index in [1.165, 1.54) is 33.1 Å². The topological polar surface area (TPSA) is 13.7 Å². The van der Waals surface area contributed by atoms with E-state index in [-0.39, 0.29) is 0 Å². The first-order valence-electron chi connectivity index (χ1n) is 7.18. The fraction of sp³-hybridized carbons (Fsp3) is 0.167. The van der Waals surface area contributed by atoms with Crippen LogP contribution in [0.4, 0.5) is 0 Å². The number of aromatic nitrogens is 3. The predicted octanol–water partition coefficient (Wildman–Crippen LogP) is 3.26. The quantitative estimate of drug-likeness (QED) is 0.474. The summed E-state index contributed by atoms with van der Waals surface area (Å²) in [5.41, 5.74) is 5.05. The Hall–Kier alpha value is -2.55. The largest absolute Gasteiger partial charge is 0.344 e. The number of para-hydroxylation sites is 1. The summed E-state index contributed by atoms with van der Waals surface area (Å²) in [6.45, 7) is 2.18. The Kier molecular flexibility index (Phi) is 2.45. The zero-order valence-electron chi connectivity index (χ0n) is 12.5. The van der Waals surface area contributed by atoms with Crippen LogP contribution in [0.25, 0.3) is 27.5 Å². The van der Waals surface area contributed by atoms with Crippen molar-refractivity contribution in [2.75, 3.05) is 0 Å². The first kappa shape index (κ1) is 12.2. The summed E-state index contributed by atoms with van der Waals surface area (Å²) in [4.78, 5) is 0. The van der Waals surface area contributed by atoms with E-state index in [9.17, 15) is 0 Å². The number of benzene rings is 2. The van der Waals surface area contributed by atoms with Gasteiger partial charge in [-0.25, -0.2) is 0 Å². The molecule has 0 fully saturated rings. The molecule has 0 bridgehead atoms. The summed E-state index contributed by atoms with van der Waals surface area (Å²) < 4.78 is 6.54. The molecular formula is C18H18N3+. The van der Waals surface area contributed by atoms with Crippen LogP contribution in [0.5, 0.6) is 0 Å². The van der Waals surface area contributed by atoms with Gasteiger partial charge in [0.1, 0.15) is 5.69 Å². The molecule has 0 unspecified atom stereocenters. The van der Waals surface area contributed by atoms with Crippen LogP contribution in [0, 0.1) is 6.92 Å². The molecule has 4 rings (SSSR count). The van der Waals surface area contributed by atoms with Crippen molar-refractivity contribution in [2.24, 2.45) is 14.1 Å². The summed E-state index contributed by atoms with van der Waals surface area (Å²) in [5, 5.41) is 2.64. The molecule has 0 aliphatic heterocycles. The normalized spacial score (nSPS) is 11.6. The van der Waals surface area contributed by atoms with E-state index >= 15 is 0 Å². The van der Waals surface area contributed by atoms with Crippen LogP contribution >= 0.6 is 0 Å². The number of aryl methyl sites for hydroxylation is 3. The third kappa shape index (κ3) is 1.64. The van der Waals surface area contributed by atoms with Gasteiger partial charge in [0.2, 0.25) is 0 Å². The Morgan fingerprint density at radius 1 is 0.952 bits per heavy atom. The van der Waals surface area contributed by atoms with E-state index in [1.54, 1.807) is 0 Å². The average Bonchev–Trinajstić information content (AvgIpc) is 3.02. The van der Waals surface area contributed by atoms with Gasteiger partial charge in [0, 0.05) is 29.4 Å². The monoisotopic (exact) mass is 276 g/mol. The lowest BCUT2D eigenvalue weighted by Crippen LogP contribution is -2.36. The third-order valence-corrected chi connectivity index (χ3v) is 4.35. The van der Waals surface area contributed by atoms with Gasteiger partial charge in [-0.3, -0.25) is 0 Å². The fourth-order valence-electron chi connectivity index (χ4n) is 3.22. The highest BCUT2D eigenvalue weighted by Crippen LogP contribution is 2.31. The van der Waals surface area contributed by atoms with Crippen LogP contribution in [-0.2, 0) is 14.1 Å². The molecule has 2 heterocycles. The van der Waals surface area contributed by atoms with E-state index in [0.29, 0.717) is 0 Å². The highest BCUT2D eigenvalue weighted by Gasteiger charge is 2.14. The maximum Gasteiger partial charge on any atom is 0.195 e. The van der Waals surface area contributed by atoms with Crippen molar-refractivity contribution < 1.29 is 4.68 Å². The number of nitrogens with zero attached hydrogens (tertiary/aromatic N) is 3. The maximum atomic E-state index is 2.30. The van der Waals surface area contributed by atoms with Crippen LogP contribution in [0.1, 0.15) is 5.56 Å². The molecule has 0 aliphatic rings. The molecule has 0 radical (unpaired) electrons. The molecule has 3 heteroatoms. The van der Waals surface area contributed by atoms with E-state index in [2.05, 4.69) is 89.8 Å². The Balaban J connectivity index is 2.13. The van der Waals surface area contributed by atoms with Crippen molar-refractivity contribution in [3.05, 3.63) is 60.4 Å². The molecule has 0 aliphatic carbocycles. The van der Waals surface area contributed by atoms with Crippen molar-refractivity contribution in [3.63, 3.8) is 0 Å². The lowest BCUT2D eigenvalue weighted by molar-refractivity contribution is -0.744. The lowest BCUT2D eigenvalue weighted by Gasteiger charge is -2.06. The first-order valence-corrected chi connectivity index (χ1v) is 7.18. The molecule has 2 aromatic carbocycles. The summed E-state index contributed by atoms with van der Waals surface area (Å²) in [6.07, 6.45) is 4.15. The molecule has 2 aromatic heterocycles. The summed E-state index contributed by atoms with van der Waals surface area (Å²) in [7, 11) is 4.20. The average molecular weight is 276 g/mol. The van der Waals surface area contributed by atoms with Gasteiger partial charge < -0.3 is 4.57 Å². The van der Waals surface area contributed by atoms with Crippen molar-refractivity contribution >= 4 is 21.8 Å². The zero-order chi connectivity index (χ0) is 14.6. The Morgan fingerprint density at radius 3 is 2.52 bits per heavy atom. The second-order valence-electron chi connectivity index (χ2n) is 5.64. The standard InChI is InChI=1S/C18H18N3/c1-13-11-15-14-7-4-5-8-16(14)20(3)18(15)12-17(13)21-10-6-9-19(21)2/h4-12H,1-3H3/q+1. The van der Waals surface area contributed by atoms with E-state index in [1.807, 2.05) is 0 Å². The summed E-state index contributed by atoms with van der Waals surface area (Å²) in [5.74, 6) is 0. The molecule has 0 amide bonds. The van der Waals surface area contributed by atoms with Gasteiger partial charge in [0.25, 0.3) is 0 Å². The van der Waals surface area contributed by atoms with Crippen LogP contribution < -0.4 is 4.68 Å². The van der Waals surface area contributed by atoms with Crippen LogP contribution in [0.3, 0.4) is 0 Å². The number of rotatable bonds is 1. The minimum atomic E-state index is 1.22. The predicted molar refractivity (Wildman–Crippen MR) is 85.7 cm³/mol. The highest BCUT2D eigenvalue weighted by atomic mass is 15.4. The second kappa shape index (κ2) is 4.22. The van der Waals surface area contributed by atoms with Crippen molar-refractivity contribution in [2.45, 2.75) is 6.92 Å². The SMILES string of the molecule is Cc1cc2c3ccccc3n(C)c2cc1-n1ccc[n+]1C. The minimum absolute atomic E-state index is 1.22. The molecule has 4 aromatic rings. The molecule has 0 atom stereocenters. The van der Waals surface area contributed by atoms with Crippen molar-refractivity contribution in [3.8, 4) is 5.69 Å². The third-order valence-electron chi connectivity index (χ3n) is 4.35. The molecule has 0 saturated carbocycles. The maximum absolute atomic E-state index is 2.30. The molecule has 0 saturated heterocycles. The van der Waals surface area contributed by atoms with Gasteiger partial charge in [-0.2, -0.15) is 0 Å². The van der Waals surface area contributed by atoms with Gasteiger partial charge in [-0.15, -0.1) is 9.36 Å². The minimum Gasteiger partial charge on any atom is -0.344 e. The lowest BCUT2D eigenvalue weighted by atomic mass is 10.1. The zero-order valence-corrected chi connectivity index (χ0v) is 12.5. The number of hydrogen-bond donors (Lipinski definition) is 0. The van der Waals surface area contributed by atoms with E-state index < -0.39 is 0 Å². The second-order valence-corrected chi connectivity index (χ2v) is 5.64. The van der Waals surface area contributed by atoms with E-state index in [0.717, 1.165) is 0 Å². The molecule has 21 heavy (non-hydrogen) atoms. The molecule has 104 valence electrons. The first-order chi connectivity index (χ1) is 10.2. The smallest absolute Gasteiger partial charge is 0.195 e. The highest BCUT2D eigenvalue weighted by molar-refractivity contribution is 6.08.